The Morgan fingerprint density at radius 1 is 0.436 bits per heavy atom. The van der Waals surface area contributed by atoms with E-state index >= 15 is 0 Å². The second kappa shape index (κ2) is 13.3. The largest absolute Gasteiger partial charge is 0.457 e. The molecule has 8 nitrogen and oxygen atoms in total. The zero-order chi connectivity index (χ0) is 36.9. The predicted octanol–water partition coefficient (Wildman–Crippen LogP) is 11.8. The standard InChI is InChI=1S/C47H34N6O2/c1-30(2)32-28-50-47(51-29-32)31-23-35(54-33-17-19-39-37-11-3-5-13-41(37)52(43(39)26-33)45-15-7-9-21-48-45)25-36(24-31)55-34-18-20-40-38-12-4-6-14-42(38)53(44(40)27-34)46-16-8-10-22-49-46/h3-30H,1-2H3. The lowest BCUT2D eigenvalue weighted by Gasteiger charge is -2.13. The first kappa shape index (κ1) is 32.3. The zero-order valence-corrected chi connectivity index (χ0v) is 30.2. The van der Waals surface area contributed by atoms with E-state index in [1.807, 2.05) is 91.5 Å². The highest BCUT2D eigenvalue weighted by atomic mass is 16.5. The summed E-state index contributed by atoms with van der Waals surface area (Å²) in [5.41, 5.74) is 5.98. The van der Waals surface area contributed by atoms with Crippen LogP contribution in [-0.4, -0.2) is 29.1 Å². The van der Waals surface area contributed by atoms with Crippen LogP contribution >= 0.6 is 0 Å². The lowest BCUT2D eigenvalue weighted by atomic mass is 10.1. The summed E-state index contributed by atoms with van der Waals surface area (Å²) in [5.74, 6) is 5.10. The van der Waals surface area contributed by atoms with Crippen molar-refractivity contribution in [3.05, 3.63) is 170 Å². The lowest BCUT2D eigenvalue weighted by Crippen LogP contribution is -1.97. The molecular weight excluding hydrogens is 681 g/mol. The quantitative estimate of drug-likeness (QED) is 0.156. The molecule has 0 aliphatic heterocycles. The Morgan fingerprint density at radius 2 is 0.909 bits per heavy atom. The first-order valence-electron chi connectivity index (χ1n) is 18.3. The van der Waals surface area contributed by atoms with Crippen LogP contribution in [0.4, 0.5) is 0 Å². The fourth-order valence-electron chi connectivity index (χ4n) is 7.37. The van der Waals surface area contributed by atoms with Gasteiger partial charge in [-0.05, 0) is 84.3 Å². The van der Waals surface area contributed by atoms with Gasteiger partial charge in [0.05, 0.1) is 22.1 Å². The SMILES string of the molecule is CC(C)c1cnc(-c2cc(Oc3ccc4c5ccccc5n(-c5ccccn5)c4c3)cc(Oc3ccc4c5ccccc5n(-c5ccccn5)c4c3)c2)nc1. The molecule has 0 amide bonds. The molecule has 10 rings (SSSR count). The van der Waals surface area contributed by atoms with Crippen LogP contribution in [0.25, 0.3) is 66.6 Å². The normalized spacial score (nSPS) is 11.6. The van der Waals surface area contributed by atoms with Crippen molar-refractivity contribution in [2.24, 2.45) is 0 Å². The highest BCUT2D eigenvalue weighted by Crippen LogP contribution is 2.39. The highest BCUT2D eigenvalue weighted by molar-refractivity contribution is 6.10. The summed E-state index contributed by atoms with van der Waals surface area (Å²) in [7, 11) is 0. The summed E-state index contributed by atoms with van der Waals surface area (Å²) in [6, 6.07) is 46.8. The zero-order valence-electron chi connectivity index (χ0n) is 30.2. The molecule has 0 unspecified atom stereocenters. The maximum Gasteiger partial charge on any atom is 0.159 e. The smallest absolute Gasteiger partial charge is 0.159 e. The molecule has 0 saturated heterocycles. The van der Waals surface area contributed by atoms with Crippen molar-refractivity contribution in [2.75, 3.05) is 0 Å². The first-order valence-corrected chi connectivity index (χ1v) is 18.3. The highest BCUT2D eigenvalue weighted by Gasteiger charge is 2.17. The molecule has 0 radical (unpaired) electrons. The maximum absolute atomic E-state index is 6.68. The molecule has 8 heteroatoms. The molecule has 5 aromatic carbocycles. The van der Waals surface area contributed by atoms with Crippen molar-refractivity contribution in [2.45, 2.75) is 19.8 Å². The summed E-state index contributed by atoms with van der Waals surface area (Å²) in [6.45, 7) is 4.26. The monoisotopic (exact) mass is 714 g/mol. The van der Waals surface area contributed by atoms with Crippen LogP contribution in [-0.2, 0) is 0 Å². The average molecular weight is 715 g/mol. The number of hydrogen-bond donors (Lipinski definition) is 0. The predicted molar refractivity (Wildman–Crippen MR) is 219 cm³/mol. The summed E-state index contributed by atoms with van der Waals surface area (Å²) in [4.78, 5) is 18.9. The van der Waals surface area contributed by atoms with Crippen LogP contribution in [0.3, 0.4) is 0 Å². The molecule has 264 valence electrons. The van der Waals surface area contributed by atoms with Crippen LogP contribution in [0.2, 0.25) is 0 Å². The summed E-state index contributed by atoms with van der Waals surface area (Å²) >= 11 is 0. The molecule has 5 heterocycles. The molecule has 0 aliphatic carbocycles. The van der Waals surface area contributed by atoms with Gasteiger partial charge < -0.3 is 9.47 Å². The van der Waals surface area contributed by atoms with Crippen molar-refractivity contribution in [3.8, 4) is 46.0 Å². The minimum Gasteiger partial charge on any atom is -0.457 e. The molecule has 0 aliphatic rings. The van der Waals surface area contributed by atoms with Crippen LogP contribution in [0.1, 0.15) is 25.3 Å². The number of nitrogens with zero attached hydrogens (tertiary/aromatic N) is 6. The molecule has 10 aromatic rings. The topological polar surface area (TPSA) is 79.9 Å². The van der Waals surface area contributed by atoms with Gasteiger partial charge in [-0.25, -0.2) is 19.9 Å². The van der Waals surface area contributed by atoms with Gasteiger partial charge in [-0.1, -0.05) is 62.4 Å². The van der Waals surface area contributed by atoms with E-state index in [1.165, 1.54) is 0 Å². The van der Waals surface area contributed by atoms with Gasteiger partial charge in [0.1, 0.15) is 34.6 Å². The third-order valence-electron chi connectivity index (χ3n) is 10.00. The van der Waals surface area contributed by atoms with E-state index in [1.54, 1.807) is 0 Å². The van der Waals surface area contributed by atoms with E-state index in [9.17, 15) is 0 Å². The van der Waals surface area contributed by atoms with Gasteiger partial charge in [-0.3, -0.25) is 9.13 Å². The van der Waals surface area contributed by atoms with Crippen LogP contribution in [0.5, 0.6) is 23.0 Å². The van der Waals surface area contributed by atoms with Gasteiger partial charge in [0.2, 0.25) is 0 Å². The fraction of sp³-hybridized carbons (Fsp3) is 0.0638. The third kappa shape index (κ3) is 5.81. The number of fused-ring (bicyclic) bond motifs is 6. The molecule has 0 N–H and O–H groups in total. The van der Waals surface area contributed by atoms with Gasteiger partial charge in [0, 0.05) is 70.1 Å². The fourth-order valence-corrected chi connectivity index (χ4v) is 7.37. The number of hydrogen-bond acceptors (Lipinski definition) is 6. The van der Waals surface area contributed by atoms with E-state index in [2.05, 4.69) is 106 Å². The Bertz CT molecular complexity index is 2830. The van der Waals surface area contributed by atoms with E-state index in [0.29, 0.717) is 34.7 Å². The van der Waals surface area contributed by atoms with Crippen LogP contribution < -0.4 is 9.47 Å². The second-order valence-electron chi connectivity index (χ2n) is 13.8. The Morgan fingerprint density at radius 3 is 1.38 bits per heavy atom. The van der Waals surface area contributed by atoms with Gasteiger partial charge in [-0.2, -0.15) is 0 Å². The van der Waals surface area contributed by atoms with Gasteiger partial charge >= 0.3 is 0 Å². The van der Waals surface area contributed by atoms with Crippen molar-refractivity contribution in [1.29, 1.82) is 0 Å². The van der Waals surface area contributed by atoms with Gasteiger partial charge in [0.25, 0.3) is 0 Å². The summed E-state index contributed by atoms with van der Waals surface area (Å²) in [6.07, 6.45) is 7.40. The number of benzene rings is 5. The molecule has 0 atom stereocenters. The first-order chi connectivity index (χ1) is 27.1. The minimum atomic E-state index is 0.316. The van der Waals surface area contributed by atoms with E-state index in [4.69, 9.17) is 19.4 Å². The van der Waals surface area contributed by atoms with Crippen molar-refractivity contribution in [1.82, 2.24) is 29.1 Å². The number of aromatic nitrogens is 6. The minimum absolute atomic E-state index is 0.316. The molecule has 55 heavy (non-hydrogen) atoms. The number of pyridine rings is 2. The van der Waals surface area contributed by atoms with E-state index in [0.717, 1.165) is 66.4 Å². The van der Waals surface area contributed by atoms with Crippen LogP contribution in [0.15, 0.2) is 164 Å². The molecule has 5 aromatic heterocycles. The summed E-state index contributed by atoms with van der Waals surface area (Å²) in [5, 5.41) is 4.52. The van der Waals surface area contributed by atoms with Gasteiger partial charge in [-0.15, -0.1) is 0 Å². The number of para-hydroxylation sites is 2. The molecule has 0 spiro atoms. The Labute approximate surface area is 316 Å². The van der Waals surface area contributed by atoms with E-state index in [-0.39, 0.29) is 0 Å². The Hall–Kier alpha value is -7.32. The van der Waals surface area contributed by atoms with Crippen LogP contribution in [0, 0.1) is 0 Å². The Balaban J connectivity index is 1.08. The van der Waals surface area contributed by atoms with E-state index < -0.39 is 0 Å². The lowest BCUT2D eigenvalue weighted by molar-refractivity contribution is 0.461. The third-order valence-corrected chi connectivity index (χ3v) is 10.00. The average Bonchev–Trinajstić information content (AvgIpc) is 3.73. The van der Waals surface area contributed by atoms with Crippen molar-refractivity contribution >= 4 is 43.6 Å². The van der Waals surface area contributed by atoms with Gasteiger partial charge in [0.15, 0.2) is 5.82 Å². The molecule has 0 fully saturated rings. The van der Waals surface area contributed by atoms with Crippen molar-refractivity contribution < 1.29 is 9.47 Å². The molecular formula is C47H34N6O2. The molecule has 0 saturated carbocycles. The summed E-state index contributed by atoms with van der Waals surface area (Å²) < 4.78 is 17.7. The van der Waals surface area contributed by atoms with Crippen molar-refractivity contribution in [3.63, 3.8) is 0 Å². The maximum atomic E-state index is 6.68. The second-order valence-corrected chi connectivity index (χ2v) is 13.8. The molecule has 0 bridgehead atoms. The number of rotatable bonds is 8. The number of ether oxygens (including phenoxy) is 2. The Kier molecular flexibility index (Phi) is 7.80.